The van der Waals surface area contributed by atoms with E-state index in [1.54, 1.807) is 0 Å². The van der Waals surface area contributed by atoms with E-state index in [2.05, 4.69) is 53.6 Å². The van der Waals surface area contributed by atoms with Crippen LogP contribution in [0.25, 0.3) is 11.1 Å². The van der Waals surface area contributed by atoms with E-state index in [0.717, 1.165) is 17.2 Å². The molecule has 0 saturated heterocycles. The van der Waals surface area contributed by atoms with E-state index in [1.807, 2.05) is 40.7 Å². The highest BCUT2D eigenvalue weighted by atomic mass is 15.0. The minimum absolute atomic E-state index is 0.932. The molecule has 1 aliphatic heterocycles. The minimum atomic E-state index is 0.932. The van der Waals surface area contributed by atoms with Gasteiger partial charge in [0, 0.05) is 16.8 Å². The van der Waals surface area contributed by atoms with Crippen molar-refractivity contribution < 1.29 is 0 Å². The Labute approximate surface area is 128 Å². The highest BCUT2D eigenvalue weighted by Crippen LogP contribution is 2.37. The van der Waals surface area contributed by atoms with Crippen LogP contribution in [0.15, 0.2) is 47.5 Å². The number of nitrogens with one attached hydrogen (secondary N) is 1. The van der Waals surface area contributed by atoms with Crippen LogP contribution in [-0.4, -0.2) is 5.84 Å². The van der Waals surface area contributed by atoms with Gasteiger partial charge in [-0.15, -0.1) is 0 Å². The topological polar surface area (TPSA) is 24.4 Å². The van der Waals surface area contributed by atoms with E-state index in [0.29, 0.717) is 0 Å². The molecule has 2 aromatic carbocycles. The monoisotopic (exact) mass is 282 g/mol. The lowest BCUT2D eigenvalue weighted by Crippen LogP contribution is -2.06. The molecule has 1 aliphatic rings. The van der Waals surface area contributed by atoms with Crippen LogP contribution in [-0.2, 0) is 0 Å². The highest BCUT2D eigenvalue weighted by Gasteiger charge is 2.13. The molecule has 0 atom stereocenters. The van der Waals surface area contributed by atoms with Gasteiger partial charge < -0.3 is 5.32 Å². The summed E-state index contributed by atoms with van der Waals surface area (Å²) in [5.74, 6) is 0.932. The summed E-state index contributed by atoms with van der Waals surface area (Å²) in [4.78, 5) is 4.59. The molecule has 1 N–H and O–H groups in total. The van der Waals surface area contributed by atoms with Crippen molar-refractivity contribution in [1.29, 1.82) is 0 Å². The minimum Gasteiger partial charge on any atom is -0.343 e. The van der Waals surface area contributed by atoms with Gasteiger partial charge in [0.1, 0.15) is 5.84 Å². The van der Waals surface area contributed by atoms with Crippen LogP contribution in [0.4, 0.5) is 11.4 Å². The van der Waals surface area contributed by atoms with Crippen molar-refractivity contribution in [2.75, 3.05) is 5.32 Å². The Balaban J connectivity index is 0.000000510. The maximum atomic E-state index is 4.59. The van der Waals surface area contributed by atoms with Gasteiger partial charge in [-0.05, 0) is 31.5 Å². The Hall–Kier alpha value is -2.09. The summed E-state index contributed by atoms with van der Waals surface area (Å²) in [7, 11) is 0. The summed E-state index contributed by atoms with van der Waals surface area (Å²) in [5, 5.41) is 3.36. The fourth-order valence-corrected chi connectivity index (χ4v) is 2.20. The van der Waals surface area contributed by atoms with E-state index in [-0.39, 0.29) is 0 Å². The van der Waals surface area contributed by atoms with Crippen molar-refractivity contribution in [3.63, 3.8) is 0 Å². The zero-order chi connectivity index (χ0) is 15.8. The van der Waals surface area contributed by atoms with E-state index >= 15 is 0 Å². The second-order valence-electron chi connectivity index (χ2n) is 4.39. The number of benzene rings is 2. The molecule has 3 rings (SSSR count). The first-order valence-electron chi connectivity index (χ1n) is 7.76. The lowest BCUT2D eigenvalue weighted by molar-refractivity contribution is 1.46. The first kappa shape index (κ1) is 17.0. The largest absolute Gasteiger partial charge is 0.343 e. The van der Waals surface area contributed by atoms with Crippen LogP contribution in [0.5, 0.6) is 0 Å². The van der Waals surface area contributed by atoms with Crippen LogP contribution in [0.2, 0.25) is 0 Å². The van der Waals surface area contributed by atoms with Crippen molar-refractivity contribution in [3.05, 3.63) is 48.0 Å². The van der Waals surface area contributed by atoms with Gasteiger partial charge in [0.2, 0.25) is 0 Å². The Morgan fingerprint density at radius 1 is 0.810 bits per heavy atom. The quantitative estimate of drug-likeness (QED) is 0.612. The van der Waals surface area contributed by atoms with Gasteiger partial charge in [-0.3, -0.25) is 0 Å². The molecule has 0 unspecified atom stereocenters. The third kappa shape index (κ3) is 3.94. The molecule has 0 bridgehead atoms. The fourth-order valence-electron chi connectivity index (χ4n) is 2.20. The van der Waals surface area contributed by atoms with Crippen molar-refractivity contribution in [3.8, 4) is 11.1 Å². The normalized spacial score (nSPS) is 11.0. The summed E-state index contributed by atoms with van der Waals surface area (Å²) < 4.78 is 0. The molecule has 0 fully saturated rings. The number of para-hydroxylation sites is 1. The van der Waals surface area contributed by atoms with E-state index < -0.39 is 0 Å². The molecule has 0 spiro atoms. The summed E-state index contributed by atoms with van der Waals surface area (Å²) in [6.07, 6.45) is 0. The number of amidine groups is 1. The Kier molecular flexibility index (Phi) is 6.67. The van der Waals surface area contributed by atoms with Gasteiger partial charge in [0.25, 0.3) is 0 Å². The number of fused-ring (bicyclic) bond motifs is 3. The molecule has 0 aromatic heterocycles. The van der Waals surface area contributed by atoms with Gasteiger partial charge in [-0.1, -0.05) is 58.0 Å². The Morgan fingerprint density at radius 2 is 1.48 bits per heavy atom. The lowest BCUT2D eigenvalue weighted by Gasteiger charge is -2.09. The fraction of sp³-hybridized carbons (Fsp3) is 0.316. The maximum absolute atomic E-state index is 4.59. The van der Waals surface area contributed by atoms with Crippen molar-refractivity contribution >= 4 is 17.2 Å². The van der Waals surface area contributed by atoms with Gasteiger partial charge in [-0.25, -0.2) is 4.99 Å². The molecule has 0 saturated carbocycles. The molecule has 2 aromatic rings. The highest BCUT2D eigenvalue weighted by molar-refractivity contribution is 6.03. The van der Waals surface area contributed by atoms with E-state index in [9.17, 15) is 0 Å². The Morgan fingerprint density at radius 3 is 2.19 bits per heavy atom. The smallest absolute Gasteiger partial charge is 0.103 e. The number of aliphatic imine (C=N–C) groups is 1. The zero-order valence-electron chi connectivity index (χ0n) is 14.0. The molecule has 21 heavy (non-hydrogen) atoms. The number of aryl methyl sites for hydroxylation is 1. The predicted octanol–water partition coefficient (Wildman–Crippen LogP) is 6.19. The molecule has 2 nitrogen and oxygen atoms in total. The van der Waals surface area contributed by atoms with Crippen LogP contribution >= 0.6 is 0 Å². The number of nitrogens with zero attached hydrogens (tertiary/aromatic N) is 1. The number of hydrogen-bond donors (Lipinski definition) is 1. The standard InChI is InChI=1S/C15H14N2.2C2H6/c1-10-7-8-13-12-5-3-4-6-14(12)16-11(2)17-15(13)9-10;2*1-2/h3-9H,1-2H3,(H,16,17);2*1-2H3. The maximum Gasteiger partial charge on any atom is 0.103 e. The van der Waals surface area contributed by atoms with Crippen molar-refractivity contribution in [2.45, 2.75) is 41.5 Å². The molecule has 1 heterocycles. The Bertz CT molecular complexity index is 613. The zero-order valence-corrected chi connectivity index (χ0v) is 14.0. The van der Waals surface area contributed by atoms with Gasteiger partial charge in [0.05, 0.1) is 5.69 Å². The van der Waals surface area contributed by atoms with Crippen LogP contribution in [0, 0.1) is 6.92 Å². The number of anilines is 1. The van der Waals surface area contributed by atoms with Gasteiger partial charge >= 0.3 is 0 Å². The van der Waals surface area contributed by atoms with Crippen molar-refractivity contribution in [2.24, 2.45) is 4.99 Å². The average Bonchev–Trinajstić information content (AvgIpc) is 2.66. The summed E-state index contributed by atoms with van der Waals surface area (Å²) in [6, 6.07) is 14.7. The third-order valence-electron chi connectivity index (χ3n) is 2.97. The predicted molar refractivity (Wildman–Crippen MR) is 95.7 cm³/mol. The molecule has 2 heteroatoms. The SMILES string of the molecule is CC.CC.CC1=Nc2ccccc2-c2ccc(C)cc2N1. The molecule has 112 valence electrons. The number of rotatable bonds is 0. The summed E-state index contributed by atoms with van der Waals surface area (Å²) in [5.41, 5.74) is 5.82. The average molecular weight is 282 g/mol. The third-order valence-corrected chi connectivity index (χ3v) is 2.97. The van der Waals surface area contributed by atoms with Gasteiger partial charge in [0.15, 0.2) is 0 Å². The number of hydrogen-bond acceptors (Lipinski definition) is 2. The molecular weight excluding hydrogens is 256 g/mol. The molecule has 0 amide bonds. The molecule has 0 aliphatic carbocycles. The van der Waals surface area contributed by atoms with Crippen LogP contribution in [0.1, 0.15) is 40.2 Å². The summed E-state index contributed by atoms with van der Waals surface area (Å²) in [6.45, 7) is 12.1. The van der Waals surface area contributed by atoms with Crippen LogP contribution in [0.3, 0.4) is 0 Å². The second kappa shape index (κ2) is 8.25. The molecule has 0 radical (unpaired) electrons. The van der Waals surface area contributed by atoms with E-state index in [4.69, 9.17) is 0 Å². The van der Waals surface area contributed by atoms with E-state index in [1.165, 1.54) is 16.7 Å². The summed E-state index contributed by atoms with van der Waals surface area (Å²) >= 11 is 0. The first-order valence-corrected chi connectivity index (χ1v) is 7.76. The molecular formula is C19H26N2. The van der Waals surface area contributed by atoms with Crippen LogP contribution < -0.4 is 5.32 Å². The first-order chi connectivity index (χ1) is 10.2. The second-order valence-corrected chi connectivity index (χ2v) is 4.39. The van der Waals surface area contributed by atoms with Crippen molar-refractivity contribution in [1.82, 2.24) is 0 Å². The lowest BCUT2D eigenvalue weighted by atomic mass is 10.0. The van der Waals surface area contributed by atoms with Gasteiger partial charge in [-0.2, -0.15) is 0 Å².